The van der Waals surface area contributed by atoms with Crippen molar-refractivity contribution in [2.75, 3.05) is 12.4 Å². The van der Waals surface area contributed by atoms with Crippen molar-refractivity contribution in [2.24, 2.45) is 0 Å². The highest BCUT2D eigenvalue weighted by Crippen LogP contribution is 2.22. The molecule has 4 nitrogen and oxygen atoms in total. The van der Waals surface area contributed by atoms with Crippen LogP contribution < -0.4 is 5.32 Å². The Hall–Kier alpha value is -2.05. The van der Waals surface area contributed by atoms with E-state index in [1.165, 1.54) is 25.3 Å². The lowest BCUT2D eigenvalue weighted by molar-refractivity contribution is -0.167. The van der Waals surface area contributed by atoms with Crippen molar-refractivity contribution in [3.63, 3.8) is 0 Å². The molecule has 0 atom stereocenters. The largest absolute Gasteiger partial charge is 0.471 e. The number of alkyl halides is 3. The molecule has 7 heteroatoms. The number of aryl methyl sites for hydroxylation is 1. The molecule has 0 heterocycles. The first-order valence-electron chi connectivity index (χ1n) is 5.39. The van der Waals surface area contributed by atoms with Gasteiger partial charge in [-0.1, -0.05) is 6.92 Å². The molecule has 0 aromatic heterocycles. The first kappa shape index (κ1) is 15.0. The van der Waals surface area contributed by atoms with Gasteiger partial charge in [0.25, 0.3) is 0 Å². The van der Waals surface area contributed by atoms with Gasteiger partial charge in [0.2, 0.25) is 0 Å². The third-order valence-corrected chi connectivity index (χ3v) is 2.41. The number of esters is 1. The molecule has 19 heavy (non-hydrogen) atoms. The van der Waals surface area contributed by atoms with E-state index in [0.29, 0.717) is 12.0 Å². The Morgan fingerprint density at radius 2 is 1.95 bits per heavy atom. The van der Waals surface area contributed by atoms with Crippen molar-refractivity contribution in [3.8, 4) is 0 Å². The van der Waals surface area contributed by atoms with Crippen molar-refractivity contribution >= 4 is 17.6 Å². The molecule has 0 aliphatic rings. The zero-order valence-electron chi connectivity index (χ0n) is 10.3. The number of methoxy groups -OCH3 is 1. The van der Waals surface area contributed by atoms with Gasteiger partial charge in [-0.3, -0.25) is 4.79 Å². The number of carbonyl (C=O) groups is 2. The van der Waals surface area contributed by atoms with Crippen LogP contribution in [0.4, 0.5) is 18.9 Å². The summed E-state index contributed by atoms with van der Waals surface area (Å²) in [5, 5.41) is 1.77. The molecule has 0 aliphatic heterocycles. The molecule has 0 saturated heterocycles. The van der Waals surface area contributed by atoms with Crippen LogP contribution in [-0.2, 0) is 16.0 Å². The Morgan fingerprint density at radius 1 is 1.32 bits per heavy atom. The molecule has 0 radical (unpaired) electrons. The number of anilines is 1. The van der Waals surface area contributed by atoms with Crippen LogP contribution in [0.3, 0.4) is 0 Å². The summed E-state index contributed by atoms with van der Waals surface area (Å²) in [6.07, 6.45) is -4.59. The summed E-state index contributed by atoms with van der Waals surface area (Å²) in [5.41, 5.74) is 0.655. The zero-order valence-corrected chi connectivity index (χ0v) is 10.3. The summed E-state index contributed by atoms with van der Waals surface area (Å²) in [7, 11) is 1.20. The van der Waals surface area contributed by atoms with Gasteiger partial charge in [0, 0.05) is 5.69 Å². The van der Waals surface area contributed by atoms with E-state index in [4.69, 9.17) is 0 Å². The maximum atomic E-state index is 12.1. The minimum atomic E-state index is -4.95. The van der Waals surface area contributed by atoms with Gasteiger partial charge in [0.1, 0.15) is 0 Å². The Kier molecular flexibility index (Phi) is 4.52. The normalized spacial score (nSPS) is 11.0. The topological polar surface area (TPSA) is 55.4 Å². The van der Waals surface area contributed by atoms with Gasteiger partial charge in [-0.2, -0.15) is 13.2 Å². The maximum Gasteiger partial charge on any atom is 0.471 e. The molecule has 0 unspecified atom stereocenters. The minimum Gasteiger partial charge on any atom is -0.465 e. The van der Waals surface area contributed by atoms with Crippen LogP contribution in [0.1, 0.15) is 22.8 Å². The second-order valence-corrected chi connectivity index (χ2v) is 3.67. The standard InChI is InChI=1S/C12H12F3NO3/c1-3-7-6-8(10(17)19-2)4-5-9(7)16-11(18)12(13,14)15/h4-6H,3H2,1-2H3,(H,16,18). The van der Waals surface area contributed by atoms with Gasteiger partial charge in [-0.05, 0) is 30.2 Å². The first-order valence-corrected chi connectivity index (χ1v) is 5.39. The van der Waals surface area contributed by atoms with Gasteiger partial charge >= 0.3 is 18.1 Å². The quantitative estimate of drug-likeness (QED) is 0.862. The Labute approximate surface area is 107 Å². The minimum absolute atomic E-state index is 0.0254. The predicted octanol–water partition coefficient (Wildman–Crippen LogP) is 2.54. The molecule has 0 spiro atoms. The highest BCUT2D eigenvalue weighted by molar-refractivity contribution is 5.96. The average Bonchev–Trinajstić information content (AvgIpc) is 2.37. The SMILES string of the molecule is CCc1cc(C(=O)OC)ccc1NC(=O)C(F)(F)F. The Bertz CT molecular complexity index is 497. The third kappa shape index (κ3) is 3.70. The van der Waals surface area contributed by atoms with Crippen molar-refractivity contribution in [1.29, 1.82) is 0 Å². The molecule has 0 saturated carbocycles. The number of benzene rings is 1. The number of ether oxygens (including phenoxy) is 1. The number of hydrogen-bond donors (Lipinski definition) is 1. The van der Waals surface area contributed by atoms with Crippen LogP contribution >= 0.6 is 0 Å². The van der Waals surface area contributed by atoms with Gasteiger partial charge in [0.05, 0.1) is 12.7 Å². The van der Waals surface area contributed by atoms with Crippen LogP contribution in [0.25, 0.3) is 0 Å². The molecule has 1 rings (SSSR count). The lowest BCUT2D eigenvalue weighted by Crippen LogP contribution is -2.30. The van der Waals surface area contributed by atoms with E-state index in [0.717, 1.165) is 0 Å². The summed E-state index contributed by atoms with van der Waals surface area (Å²) >= 11 is 0. The fourth-order valence-corrected chi connectivity index (χ4v) is 1.45. The lowest BCUT2D eigenvalue weighted by Gasteiger charge is -2.12. The van der Waals surface area contributed by atoms with Crippen molar-refractivity contribution < 1.29 is 27.5 Å². The van der Waals surface area contributed by atoms with Crippen molar-refractivity contribution in [3.05, 3.63) is 29.3 Å². The molecule has 1 N–H and O–H groups in total. The zero-order chi connectivity index (χ0) is 14.6. The van der Waals surface area contributed by atoms with Gasteiger partial charge in [-0.15, -0.1) is 0 Å². The molecule has 0 aliphatic carbocycles. The Balaban J connectivity index is 3.03. The smallest absolute Gasteiger partial charge is 0.465 e. The number of amides is 1. The highest BCUT2D eigenvalue weighted by Gasteiger charge is 2.38. The van der Waals surface area contributed by atoms with E-state index in [1.54, 1.807) is 12.2 Å². The summed E-state index contributed by atoms with van der Waals surface area (Å²) in [6.45, 7) is 1.69. The van der Waals surface area contributed by atoms with Gasteiger partial charge in [0.15, 0.2) is 0 Å². The summed E-state index contributed by atoms with van der Waals surface area (Å²) in [6, 6.07) is 3.92. The van der Waals surface area contributed by atoms with Crippen LogP contribution in [0.2, 0.25) is 0 Å². The molecule has 1 amide bonds. The fraction of sp³-hybridized carbons (Fsp3) is 0.333. The van der Waals surface area contributed by atoms with E-state index in [1.807, 2.05) is 0 Å². The number of hydrogen-bond acceptors (Lipinski definition) is 3. The molecule has 0 bridgehead atoms. The Morgan fingerprint density at radius 3 is 2.42 bits per heavy atom. The fourth-order valence-electron chi connectivity index (χ4n) is 1.45. The molecule has 104 valence electrons. The monoisotopic (exact) mass is 275 g/mol. The maximum absolute atomic E-state index is 12.1. The average molecular weight is 275 g/mol. The molecule has 1 aromatic rings. The summed E-state index contributed by atoms with van der Waals surface area (Å²) in [4.78, 5) is 22.1. The van der Waals surface area contributed by atoms with E-state index in [-0.39, 0.29) is 11.3 Å². The third-order valence-electron chi connectivity index (χ3n) is 2.41. The number of rotatable bonds is 3. The number of carbonyl (C=O) groups excluding carboxylic acids is 2. The summed E-state index contributed by atoms with van der Waals surface area (Å²) in [5.74, 6) is -2.64. The molecule has 0 fully saturated rings. The lowest BCUT2D eigenvalue weighted by atomic mass is 10.1. The number of nitrogens with one attached hydrogen (secondary N) is 1. The van der Waals surface area contributed by atoms with E-state index < -0.39 is 18.1 Å². The van der Waals surface area contributed by atoms with E-state index >= 15 is 0 Å². The molecule has 1 aromatic carbocycles. The van der Waals surface area contributed by atoms with E-state index in [2.05, 4.69) is 4.74 Å². The van der Waals surface area contributed by atoms with Crippen molar-refractivity contribution in [2.45, 2.75) is 19.5 Å². The van der Waals surface area contributed by atoms with Crippen LogP contribution in [0, 0.1) is 0 Å². The number of halogens is 3. The van der Waals surface area contributed by atoms with Gasteiger partial charge < -0.3 is 10.1 Å². The predicted molar refractivity (Wildman–Crippen MR) is 61.8 cm³/mol. The van der Waals surface area contributed by atoms with Crippen LogP contribution in [0.15, 0.2) is 18.2 Å². The molecular weight excluding hydrogens is 263 g/mol. The second kappa shape index (κ2) is 5.73. The van der Waals surface area contributed by atoms with Crippen molar-refractivity contribution in [1.82, 2.24) is 0 Å². The molecular formula is C12H12F3NO3. The summed E-state index contributed by atoms with van der Waals surface area (Å²) < 4.78 is 40.9. The van der Waals surface area contributed by atoms with Gasteiger partial charge in [-0.25, -0.2) is 4.79 Å². The van der Waals surface area contributed by atoms with Crippen LogP contribution in [0.5, 0.6) is 0 Å². The second-order valence-electron chi connectivity index (χ2n) is 3.67. The highest BCUT2D eigenvalue weighted by atomic mass is 19.4. The first-order chi connectivity index (χ1) is 8.79. The van der Waals surface area contributed by atoms with E-state index in [9.17, 15) is 22.8 Å². The van der Waals surface area contributed by atoms with Crippen LogP contribution in [-0.4, -0.2) is 25.2 Å².